The molecule has 3 aromatic rings. The Bertz CT molecular complexity index is 1350. The van der Waals surface area contributed by atoms with Crippen molar-refractivity contribution in [1.82, 2.24) is 9.88 Å². The van der Waals surface area contributed by atoms with Crippen LogP contribution < -0.4 is 9.47 Å². The third kappa shape index (κ3) is 8.38. The van der Waals surface area contributed by atoms with Crippen LogP contribution in [0.25, 0.3) is 11.1 Å². The molecule has 212 valence electrons. The first-order valence-electron chi connectivity index (χ1n) is 13.2. The van der Waals surface area contributed by atoms with E-state index >= 15 is 0 Å². The number of nitrogens with zero attached hydrogens (tertiary/aromatic N) is 2. The number of aliphatic hydroxyl groups is 1. The number of aromatic nitrogens is 1. The number of aryl methyl sites for hydroxylation is 1. The van der Waals surface area contributed by atoms with Crippen LogP contribution in [0.1, 0.15) is 58.0 Å². The average molecular weight is 549 g/mol. The number of methoxy groups -OCH3 is 1. The fourth-order valence-corrected chi connectivity index (χ4v) is 3.81. The van der Waals surface area contributed by atoms with Gasteiger partial charge in [0.05, 0.1) is 30.8 Å². The molecule has 1 unspecified atom stereocenters. The lowest BCUT2D eigenvalue weighted by atomic mass is 9.96. The third-order valence-electron chi connectivity index (χ3n) is 6.28. The van der Waals surface area contributed by atoms with E-state index in [4.69, 9.17) is 14.6 Å². The lowest BCUT2D eigenvalue weighted by molar-refractivity contribution is -0.141. The van der Waals surface area contributed by atoms with Gasteiger partial charge >= 0.3 is 11.9 Å². The molecule has 9 nitrogen and oxygen atoms in total. The summed E-state index contributed by atoms with van der Waals surface area (Å²) in [5.74, 6) is -1.67. The van der Waals surface area contributed by atoms with Crippen molar-refractivity contribution >= 4 is 17.8 Å². The maximum Gasteiger partial charge on any atom is 0.343 e. The Kier molecular flexibility index (Phi) is 10.8. The number of hydrogen-bond donors (Lipinski definition) is 2. The maximum atomic E-state index is 13.0. The first kappa shape index (κ1) is 30.3. The minimum absolute atomic E-state index is 0.168. The monoisotopic (exact) mass is 548 g/mol. The van der Waals surface area contributed by atoms with Gasteiger partial charge in [0.25, 0.3) is 5.91 Å². The zero-order valence-corrected chi connectivity index (χ0v) is 23.3. The van der Waals surface area contributed by atoms with Crippen LogP contribution in [0.5, 0.6) is 11.6 Å². The summed E-state index contributed by atoms with van der Waals surface area (Å²) in [5.41, 5.74) is 3.32. The molecule has 2 aromatic carbocycles. The van der Waals surface area contributed by atoms with E-state index in [1.807, 2.05) is 0 Å². The number of aliphatic carboxylic acids is 1. The van der Waals surface area contributed by atoms with E-state index in [0.29, 0.717) is 45.9 Å². The van der Waals surface area contributed by atoms with Crippen molar-refractivity contribution in [3.8, 4) is 22.8 Å². The van der Waals surface area contributed by atoms with E-state index in [2.05, 4.69) is 4.98 Å². The predicted octanol–water partition coefficient (Wildman–Crippen LogP) is 4.78. The molecular formula is C31H36N2O7. The molecule has 0 radical (unpaired) electrons. The summed E-state index contributed by atoms with van der Waals surface area (Å²) in [7, 11) is 3.07. The first-order valence-corrected chi connectivity index (χ1v) is 13.2. The summed E-state index contributed by atoms with van der Waals surface area (Å²) >= 11 is 0. The van der Waals surface area contributed by atoms with Crippen molar-refractivity contribution in [3.05, 3.63) is 77.0 Å². The van der Waals surface area contributed by atoms with Crippen LogP contribution in [0.2, 0.25) is 0 Å². The van der Waals surface area contributed by atoms with E-state index < -0.39 is 17.9 Å². The number of carbonyl (C=O) groups is 3. The molecule has 40 heavy (non-hydrogen) atoms. The Morgan fingerprint density at radius 3 is 2.38 bits per heavy atom. The lowest BCUT2D eigenvalue weighted by Gasteiger charge is -2.18. The summed E-state index contributed by atoms with van der Waals surface area (Å²) < 4.78 is 10.8. The van der Waals surface area contributed by atoms with Crippen molar-refractivity contribution < 1.29 is 34.1 Å². The highest BCUT2D eigenvalue weighted by Crippen LogP contribution is 2.30. The van der Waals surface area contributed by atoms with Crippen LogP contribution in [-0.4, -0.2) is 65.3 Å². The van der Waals surface area contributed by atoms with Crippen LogP contribution in [-0.2, 0) is 11.2 Å². The molecule has 0 spiro atoms. The normalized spacial score (nSPS) is 12.4. The SMILES string of the molecule is C1CC1.COc1cc(-c2ccc(C(=O)Oc3cccc(CC(C)C(=O)O)c3)c(C)c2)c(C(=O)N(C)CCO)cn1. The zero-order valence-electron chi connectivity index (χ0n) is 23.3. The maximum absolute atomic E-state index is 13.0. The first-order chi connectivity index (χ1) is 19.1. The third-order valence-corrected chi connectivity index (χ3v) is 6.28. The summed E-state index contributed by atoms with van der Waals surface area (Å²) in [6.07, 6.45) is 6.25. The minimum Gasteiger partial charge on any atom is -0.481 e. The van der Waals surface area contributed by atoms with Crippen LogP contribution in [0.4, 0.5) is 0 Å². The van der Waals surface area contributed by atoms with Crippen LogP contribution in [0.3, 0.4) is 0 Å². The van der Waals surface area contributed by atoms with Gasteiger partial charge in [-0.05, 0) is 48.2 Å². The topological polar surface area (TPSA) is 126 Å². The van der Waals surface area contributed by atoms with Gasteiger partial charge < -0.3 is 24.6 Å². The van der Waals surface area contributed by atoms with Crippen molar-refractivity contribution in [3.63, 3.8) is 0 Å². The van der Waals surface area contributed by atoms with Crippen molar-refractivity contribution in [2.24, 2.45) is 5.92 Å². The molecule has 1 aliphatic rings. The molecular weight excluding hydrogens is 512 g/mol. The predicted molar refractivity (Wildman–Crippen MR) is 151 cm³/mol. The Labute approximate surface area is 234 Å². The number of ether oxygens (including phenoxy) is 2. The number of esters is 1. The molecule has 1 saturated carbocycles. The van der Waals surface area contributed by atoms with Crippen molar-refractivity contribution in [1.29, 1.82) is 0 Å². The van der Waals surface area contributed by atoms with Gasteiger partial charge in [0, 0.05) is 31.4 Å². The minimum atomic E-state index is -0.894. The fraction of sp³-hybridized carbons (Fsp3) is 0.355. The smallest absolute Gasteiger partial charge is 0.343 e. The quantitative estimate of drug-likeness (QED) is 0.274. The van der Waals surface area contributed by atoms with Crippen LogP contribution in [0, 0.1) is 12.8 Å². The van der Waals surface area contributed by atoms with E-state index in [1.165, 1.54) is 37.5 Å². The van der Waals surface area contributed by atoms with Crippen molar-refractivity contribution in [2.75, 3.05) is 27.3 Å². The molecule has 1 aromatic heterocycles. The Balaban J connectivity index is 0.00000137. The number of carboxylic acids is 1. The Hall–Kier alpha value is -4.24. The molecule has 0 aliphatic heterocycles. The summed E-state index contributed by atoms with van der Waals surface area (Å²) in [4.78, 5) is 42.6. The molecule has 2 N–H and O–H groups in total. The summed E-state index contributed by atoms with van der Waals surface area (Å²) in [5, 5.41) is 18.3. The Morgan fingerprint density at radius 1 is 1.05 bits per heavy atom. The van der Waals surface area contributed by atoms with Gasteiger partial charge in [-0.2, -0.15) is 0 Å². The molecule has 1 fully saturated rings. The number of pyridine rings is 1. The van der Waals surface area contributed by atoms with Crippen molar-refractivity contribution in [2.45, 2.75) is 39.5 Å². The van der Waals surface area contributed by atoms with E-state index in [1.54, 1.807) is 69.4 Å². The van der Waals surface area contributed by atoms with E-state index in [-0.39, 0.29) is 19.1 Å². The fourth-order valence-electron chi connectivity index (χ4n) is 3.81. The number of aliphatic hydroxyl groups excluding tert-OH is 1. The molecule has 0 bridgehead atoms. The summed E-state index contributed by atoms with van der Waals surface area (Å²) in [6, 6.07) is 13.6. The van der Waals surface area contributed by atoms with Crippen LogP contribution in [0.15, 0.2) is 54.7 Å². The number of likely N-dealkylation sites (N-methyl/N-ethyl adjacent to an activating group) is 1. The number of carbonyl (C=O) groups excluding carboxylic acids is 2. The van der Waals surface area contributed by atoms with Gasteiger partial charge in [-0.15, -0.1) is 0 Å². The highest BCUT2D eigenvalue weighted by molar-refractivity contribution is 6.01. The van der Waals surface area contributed by atoms with Gasteiger partial charge in [-0.3, -0.25) is 9.59 Å². The van der Waals surface area contributed by atoms with E-state index in [0.717, 1.165) is 5.56 Å². The molecule has 4 rings (SSSR count). The molecule has 1 amide bonds. The second-order valence-corrected chi connectivity index (χ2v) is 9.79. The summed E-state index contributed by atoms with van der Waals surface area (Å²) in [6.45, 7) is 3.39. The number of carboxylic acid groups (broad SMARTS) is 1. The number of hydrogen-bond acceptors (Lipinski definition) is 7. The highest BCUT2D eigenvalue weighted by Gasteiger charge is 2.20. The highest BCUT2D eigenvalue weighted by atomic mass is 16.5. The lowest BCUT2D eigenvalue weighted by Crippen LogP contribution is -2.30. The molecule has 0 saturated heterocycles. The van der Waals surface area contributed by atoms with Gasteiger partial charge in [0.15, 0.2) is 0 Å². The number of amides is 1. The average Bonchev–Trinajstić information content (AvgIpc) is 3.82. The molecule has 1 heterocycles. The van der Waals surface area contributed by atoms with Gasteiger partial charge in [0.2, 0.25) is 5.88 Å². The Morgan fingerprint density at radius 2 is 1.77 bits per heavy atom. The molecule has 1 atom stereocenters. The zero-order chi connectivity index (χ0) is 29.2. The van der Waals surface area contributed by atoms with Crippen LogP contribution >= 0.6 is 0 Å². The van der Waals surface area contributed by atoms with Gasteiger partial charge in [-0.1, -0.05) is 50.5 Å². The van der Waals surface area contributed by atoms with Gasteiger partial charge in [0.1, 0.15) is 5.75 Å². The number of rotatable bonds is 10. The number of benzene rings is 2. The standard InChI is InChI=1S/C28H30N2O7.C3H6/c1-17-13-20(23-15-25(36-4)29-16-24(23)26(32)30(3)10-11-31)8-9-22(17)28(35)37-21-7-5-6-19(14-21)12-18(2)27(33)34;1-2-3-1/h5-9,13-16,18,31H,10-12H2,1-4H3,(H,33,34);1-3H2. The molecule has 9 heteroatoms. The van der Waals surface area contributed by atoms with E-state index in [9.17, 15) is 19.5 Å². The second-order valence-electron chi connectivity index (χ2n) is 9.79. The largest absolute Gasteiger partial charge is 0.481 e. The van der Waals surface area contributed by atoms with Gasteiger partial charge in [-0.25, -0.2) is 9.78 Å². The molecule has 1 aliphatic carbocycles. The second kappa shape index (κ2) is 14.2.